The third-order valence-corrected chi connectivity index (χ3v) is 6.35. The van der Waals surface area contributed by atoms with Crippen molar-refractivity contribution in [3.05, 3.63) is 69.1 Å². The average molecular weight is 436 g/mol. The predicted octanol–water partition coefficient (Wildman–Crippen LogP) is 4.38. The van der Waals surface area contributed by atoms with Gasteiger partial charge in [0.15, 0.2) is 10.2 Å². The molecule has 7 nitrogen and oxygen atoms in total. The van der Waals surface area contributed by atoms with E-state index in [4.69, 9.17) is 4.42 Å². The second-order valence-electron chi connectivity index (χ2n) is 8.38. The van der Waals surface area contributed by atoms with Crippen LogP contribution in [-0.2, 0) is 19.5 Å². The normalized spacial score (nSPS) is 14.5. The Balaban J connectivity index is 1.27. The van der Waals surface area contributed by atoms with Crippen molar-refractivity contribution in [2.75, 3.05) is 6.54 Å². The standard InChI is InChI=1S/C23H25N5O2S/c1-13(2)21-24-17-8-9-28(12-16(17)22(29)27-21)11-15-5-7-20(30-15)31-23-25-18-6-4-14(3)10-19(18)26-23/h4-7,10,13H,8-9,11-12H2,1-3H3,(H,25,26)(H,24,27,29). The molecule has 160 valence electrons. The van der Waals surface area contributed by atoms with Crippen molar-refractivity contribution in [1.82, 2.24) is 24.8 Å². The fourth-order valence-corrected chi connectivity index (χ4v) is 4.65. The number of nitrogens with zero attached hydrogens (tertiary/aromatic N) is 3. The molecule has 0 fully saturated rings. The molecule has 0 atom stereocenters. The molecule has 3 aromatic heterocycles. The van der Waals surface area contributed by atoms with Gasteiger partial charge in [-0.3, -0.25) is 9.69 Å². The molecule has 0 bridgehead atoms. The summed E-state index contributed by atoms with van der Waals surface area (Å²) in [6.45, 7) is 8.25. The van der Waals surface area contributed by atoms with Gasteiger partial charge in [0.05, 0.1) is 28.8 Å². The van der Waals surface area contributed by atoms with Crippen LogP contribution in [0.25, 0.3) is 11.0 Å². The number of imidazole rings is 1. The van der Waals surface area contributed by atoms with E-state index in [1.165, 1.54) is 17.3 Å². The number of furan rings is 1. The largest absolute Gasteiger partial charge is 0.453 e. The lowest BCUT2D eigenvalue weighted by Gasteiger charge is -2.27. The molecule has 1 aliphatic rings. The number of aromatic amines is 2. The minimum absolute atomic E-state index is 0.0192. The van der Waals surface area contributed by atoms with Gasteiger partial charge in [-0.15, -0.1) is 0 Å². The number of hydrogen-bond donors (Lipinski definition) is 2. The third kappa shape index (κ3) is 4.18. The first-order valence-corrected chi connectivity index (χ1v) is 11.3. The van der Waals surface area contributed by atoms with E-state index in [1.807, 2.05) is 32.0 Å². The molecule has 4 heterocycles. The van der Waals surface area contributed by atoms with Crippen LogP contribution >= 0.6 is 11.8 Å². The Morgan fingerprint density at radius 2 is 2.06 bits per heavy atom. The Bertz CT molecular complexity index is 1300. The molecule has 5 rings (SSSR count). The predicted molar refractivity (Wildman–Crippen MR) is 120 cm³/mol. The lowest BCUT2D eigenvalue weighted by molar-refractivity contribution is 0.217. The lowest BCUT2D eigenvalue weighted by Crippen LogP contribution is -2.35. The molecular formula is C23H25N5O2S. The van der Waals surface area contributed by atoms with Crippen LogP contribution in [0, 0.1) is 6.92 Å². The quantitative estimate of drug-likeness (QED) is 0.483. The van der Waals surface area contributed by atoms with Crippen molar-refractivity contribution < 1.29 is 4.42 Å². The van der Waals surface area contributed by atoms with Crippen LogP contribution in [-0.4, -0.2) is 31.4 Å². The van der Waals surface area contributed by atoms with Crippen LogP contribution in [0.3, 0.4) is 0 Å². The van der Waals surface area contributed by atoms with Gasteiger partial charge in [0.25, 0.3) is 5.56 Å². The highest BCUT2D eigenvalue weighted by molar-refractivity contribution is 7.99. The Kier molecular flexibility index (Phi) is 5.19. The Morgan fingerprint density at radius 3 is 2.90 bits per heavy atom. The summed E-state index contributed by atoms with van der Waals surface area (Å²) in [5.74, 6) is 1.86. The number of rotatable bonds is 5. The van der Waals surface area contributed by atoms with Crippen LogP contribution < -0.4 is 5.56 Å². The maximum atomic E-state index is 12.5. The van der Waals surface area contributed by atoms with Gasteiger partial charge in [0.1, 0.15) is 11.6 Å². The number of aryl methyl sites for hydroxylation is 1. The molecule has 31 heavy (non-hydrogen) atoms. The monoisotopic (exact) mass is 435 g/mol. The Labute approximate surface area is 184 Å². The minimum Gasteiger partial charge on any atom is -0.453 e. The number of nitrogens with one attached hydrogen (secondary N) is 2. The maximum absolute atomic E-state index is 12.5. The molecular weight excluding hydrogens is 410 g/mol. The van der Waals surface area contributed by atoms with E-state index in [0.29, 0.717) is 13.1 Å². The van der Waals surface area contributed by atoms with E-state index in [1.54, 1.807) is 0 Å². The number of benzene rings is 1. The van der Waals surface area contributed by atoms with E-state index in [2.05, 4.69) is 43.9 Å². The van der Waals surface area contributed by atoms with Crippen molar-refractivity contribution in [2.45, 2.75) is 56.4 Å². The van der Waals surface area contributed by atoms with E-state index < -0.39 is 0 Å². The van der Waals surface area contributed by atoms with Gasteiger partial charge in [0, 0.05) is 25.4 Å². The Morgan fingerprint density at radius 1 is 1.19 bits per heavy atom. The number of hydrogen-bond acceptors (Lipinski definition) is 6. The molecule has 8 heteroatoms. The number of fused-ring (bicyclic) bond motifs is 2. The summed E-state index contributed by atoms with van der Waals surface area (Å²) in [7, 11) is 0. The average Bonchev–Trinajstić information content (AvgIpc) is 3.34. The van der Waals surface area contributed by atoms with Gasteiger partial charge in [-0.1, -0.05) is 19.9 Å². The molecule has 4 aromatic rings. The summed E-state index contributed by atoms with van der Waals surface area (Å²) in [5.41, 5.74) is 4.86. The van der Waals surface area contributed by atoms with Crippen molar-refractivity contribution in [3.63, 3.8) is 0 Å². The lowest BCUT2D eigenvalue weighted by atomic mass is 10.1. The van der Waals surface area contributed by atoms with Crippen LogP contribution in [0.1, 0.15) is 48.2 Å². The number of H-pyrrole nitrogens is 2. The van der Waals surface area contributed by atoms with E-state index >= 15 is 0 Å². The van der Waals surface area contributed by atoms with Gasteiger partial charge < -0.3 is 14.4 Å². The van der Waals surface area contributed by atoms with Crippen molar-refractivity contribution in [3.8, 4) is 0 Å². The maximum Gasteiger partial charge on any atom is 0.255 e. The molecule has 0 aliphatic carbocycles. The first-order chi connectivity index (χ1) is 14.9. The summed E-state index contributed by atoms with van der Waals surface area (Å²) in [6.07, 6.45) is 0.777. The fraction of sp³-hybridized carbons (Fsp3) is 0.348. The highest BCUT2D eigenvalue weighted by atomic mass is 32.2. The topological polar surface area (TPSA) is 90.8 Å². The fourth-order valence-electron chi connectivity index (χ4n) is 3.87. The van der Waals surface area contributed by atoms with Gasteiger partial charge >= 0.3 is 0 Å². The molecule has 1 aromatic carbocycles. The van der Waals surface area contributed by atoms with E-state index in [0.717, 1.165) is 57.1 Å². The molecule has 0 spiro atoms. The molecule has 2 N–H and O–H groups in total. The molecule has 0 radical (unpaired) electrons. The van der Waals surface area contributed by atoms with Crippen LogP contribution in [0.5, 0.6) is 0 Å². The van der Waals surface area contributed by atoms with Gasteiger partial charge in [0.2, 0.25) is 0 Å². The zero-order valence-electron chi connectivity index (χ0n) is 17.9. The van der Waals surface area contributed by atoms with Crippen LogP contribution in [0.4, 0.5) is 0 Å². The molecule has 0 saturated heterocycles. The second kappa shape index (κ2) is 8.01. The summed E-state index contributed by atoms with van der Waals surface area (Å²) < 4.78 is 6.04. The van der Waals surface area contributed by atoms with Gasteiger partial charge in [-0.2, -0.15) is 0 Å². The van der Waals surface area contributed by atoms with Gasteiger partial charge in [-0.25, -0.2) is 9.97 Å². The molecule has 1 aliphatic heterocycles. The summed E-state index contributed by atoms with van der Waals surface area (Å²) in [6, 6.07) is 10.1. The highest BCUT2D eigenvalue weighted by Crippen LogP contribution is 2.30. The summed E-state index contributed by atoms with van der Waals surface area (Å²) in [4.78, 5) is 30.3. The smallest absolute Gasteiger partial charge is 0.255 e. The van der Waals surface area contributed by atoms with Crippen molar-refractivity contribution in [1.29, 1.82) is 0 Å². The SMILES string of the molecule is Cc1ccc2nc(Sc3ccc(CN4CCc5nc(C(C)C)[nH]c(=O)c5C4)o3)[nH]c2c1. The van der Waals surface area contributed by atoms with Crippen molar-refractivity contribution >= 4 is 22.8 Å². The molecule has 0 saturated carbocycles. The van der Waals surface area contributed by atoms with E-state index in [9.17, 15) is 4.79 Å². The minimum atomic E-state index is -0.0192. The van der Waals surface area contributed by atoms with Gasteiger partial charge in [-0.05, 0) is 48.5 Å². The van der Waals surface area contributed by atoms with Crippen LogP contribution in [0.15, 0.2) is 49.8 Å². The molecule has 0 unspecified atom stereocenters. The van der Waals surface area contributed by atoms with Crippen molar-refractivity contribution in [2.24, 2.45) is 0 Å². The van der Waals surface area contributed by atoms with Crippen LogP contribution in [0.2, 0.25) is 0 Å². The summed E-state index contributed by atoms with van der Waals surface area (Å²) in [5, 5.41) is 1.61. The third-order valence-electron chi connectivity index (χ3n) is 5.54. The first-order valence-electron chi connectivity index (χ1n) is 10.5. The second-order valence-corrected chi connectivity index (χ2v) is 9.37. The zero-order chi connectivity index (χ0) is 21.5. The summed E-state index contributed by atoms with van der Waals surface area (Å²) >= 11 is 1.48. The zero-order valence-corrected chi connectivity index (χ0v) is 18.7. The number of aromatic nitrogens is 4. The first kappa shape index (κ1) is 20.1. The highest BCUT2D eigenvalue weighted by Gasteiger charge is 2.22. The molecule has 0 amide bonds. The Hall–Kier alpha value is -2.84. The van der Waals surface area contributed by atoms with E-state index in [-0.39, 0.29) is 11.5 Å².